The summed E-state index contributed by atoms with van der Waals surface area (Å²) in [5, 5.41) is 0. The Morgan fingerprint density at radius 1 is 1.23 bits per heavy atom. The molecule has 0 aliphatic heterocycles. The van der Waals surface area contributed by atoms with E-state index >= 15 is 0 Å². The van der Waals surface area contributed by atoms with Crippen LogP contribution in [0, 0.1) is 0 Å². The molecule has 1 heterocycles. The van der Waals surface area contributed by atoms with Crippen LogP contribution in [0.4, 0.5) is 0 Å². The molecule has 0 saturated heterocycles. The number of aromatic nitrogens is 1. The van der Waals surface area contributed by atoms with Gasteiger partial charge in [0, 0.05) is 12.3 Å². The monoisotopic (exact) mass is 293 g/mol. The molecule has 1 unspecified atom stereocenters. The van der Waals surface area contributed by atoms with Gasteiger partial charge in [-0.1, -0.05) is 36.4 Å². The largest absolute Gasteiger partial charge is 0.323 e. The van der Waals surface area contributed by atoms with Crippen LogP contribution in [-0.2, 0) is 9.59 Å². The molecule has 1 radical (unpaired) electrons. The number of hydrogen-bond donors (Lipinski definition) is 0. The van der Waals surface area contributed by atoms with Crippen LogP contribution >= 0.6 is 0 Å². The van der Waals surface area contributed by atoms with E-state index in [0.717, 1.165) is 11.3 Å². The summed E-state index contributed by atoms with van der Waals surface area (Å²) in [7, 11) is 0. The summed E-state index contributed by atoms with van der Waals surface area (Å²) in [6.07, 6.45) is 6.65. The smallest absolute Gasteiger partial charge is 0.247 e. The van der Waals surface area contributed by atoms with Gasteiger partial charge in [-0.25, -0.2) is 0 Å². The predicted octanol–water partition coefficient (Wildman–Crippen LogP) is 2.79. The number of carbonyl (C=O) groups is 1. The molecule has 0 aliphatic rings. The van der Waals surface area contributed by atoms with E-state index in [1.54, 1.807) is 18.6 Å². The number of benzene rings is 1. The number of nitrogens with zero attached hydrogens (tertiary/aromatic N) is 2. The third-order valence-corrected chi connectivity index (χ3v) is 3.32. The van der Waals surface area contributed by atoms with Crippen LogP contribution in [0.25, 0.3) is 6.08 Å². The van der Waals surface area contributed by atoms with E-state index in [1.807, 2.05) is 55.5 Å². The van der Waals surface area contributed by atoms with Crippen LogP contribution < -0.4 is 0 Å². The van der Waals surface area contributed by atoms with Crippen LogP contribution in [-0.4, -0.2) is 28.6 Å². The van der Waals surface area contributed by atoms with Crippen molar-refractivity contribution in [1.29, 1.82) is 0 Å². The SMILES string of the molecule is CC(c1ccccn1)N(C[C]=O)C(=O)/C=C/c1ccccc1. The minimum atomic E-state index is -0.296. The first-order valence-electron chi connectivity index (χ1n) is 7.02. The van der Waals surface area contributed by atoms with Gasteiger partial charge in [-0.3, -0.25) is 14.6 Å². The zero-order valence-electron chi connectivity index (χ0n) is 12.3. The molecule has 2 aromatic rings. The second-order valence-electron chi connectivity index (χ2n) is 4.79. The van der Waals surface area contributed by atoms with Crippen LogP contribution in [0.5, 0.6) is 0 Å². The van der Waals surface area contributed by atoms with Crippen molar-refractivity contribution < 1.29 is 9.59 Å². The minimum Gasteiger partial charge on any atom is -0.323 e. The van der Waals surface area contributed by atoms with Gasteiger partial charge in [-0.2, -0.15) is 0 Å². The molecule has 0 N–H and O–H groups in total. The standard InChI is InChI=1S/C18H17N2O2/c1-15(17-9-5-6-12-19-17)20(13-14-21)18(22)11-10-16-7-3-2-4-8-16/h2-12,15H,13H2,1H3/b11-10+. The number of pyridine rings is 1. The van der Waals surface area contributed by atoms with Gasteiger partial charge in [0.1, 0.15) is 0 Å². The van der Waals surface area contributed by atoms with Crippen LogP contribution in [0.15, 0.2) is 60.8 Å². The van der Waals surface area contributed by atoms with Crippen molar-refractivity contribution in [2.24, 2.45) is 0 Å². The van der Waals surface area contributed by atoms with Crippen LogP contribution in [0.2, 0.25) is 0 Å². The van der Waals surface area contributed by atoms with Gasteiger partial charge in [0.15, 0.2) is 0 Å². The molecular weight excluding hydrogens is 276 g/mol. The first-order valence-corrected chi connectivity index (χ1v) is 7.02. The summed E-state index contributed by atoms with van der Waals surface area (Å²) in [4.78, 5) is 28.8. The fourth-order valence-electron chi connectivity index (χ4n) is 2.09. The van der Waals surface area contributed by atoms with Crippen LogP contribution in [0.1, 0.15) is 24.2 Å². The minimum absolute atomic E-state index is 0.0876. The second-order valence-corrected chi connectivity index (χ2v) is 4.79. The van der Waals surface area contributed by atoms with E-state index in [0.29, 0.717) is 0 Å². The van der Waals surface area contributed by atoms with Crippen molar-refractivity contribution in [2.75, 3.05) is 6.54 Å². The number of amides is 1. The van der Waals surface area contributed by atoms with Crippen molar-refractivity contribution >= 4 is 18.3 Å². The summed E-state index contributed by atoms with van der Waals surface area (Å²) in [5.41, 5.74) is 1.66. The molecule has 0 bridgehead atoms. The number of hydrogen-bond acceptors (Lipinski definition) is 3. The Hall–Kier alpha value is -2.75. The Morgan fingerprint density at radius 2 is 1.95 bits per heavy atom. The molecular formula is C18H17N2O2. The molecule has 4 nitrogen and oxygen atoms in total. The molecule has 2 rings (SSSR count). The fourth-order valence-corrected chi connectivity index (χ4v) is 2.09. The Labute approximate surface area is 130 Å². The number of rotatable bonds is 6. The van der Waals surface area contributed by atoms with Crippen molar-refractivity contribution in [3.05, 3.63) is 72.1 Å². The highest BCUT2D eigenvalue weighted by atomic mass is 16.2. The predicted molar refractivity (Wildman–Crippen MR) is 85.5 cm³/mol. The Kier molecular flexibility index (Phi) is 5.60. The van der Waals surface area contributed by atoms with E-state index in [2.05, 4.69) is 4.98 Å². The summed E-state index contributed by atoms with van der Waals surface area (Å²) < 4.78 is 0. The molecule has 1 atom stereocenters. The van der Waals surface area contributed by atoms with Crippen LogP contribution in [0.3, 0.4) is 0 Å². The lowest BCUT2D eigenvalue weighted by Crippen LogP contribution is -2.34. The lowest BCUT2D eigenvalue weighted by molar-refractivity contribution is -0.127. The highest BCUT2D eigenvalue weighted by Crippen LogP contribution is 2.18. The maximum Gasteiger partial charge on any atom is 0.247 e. The molecule has 1 aromatic carbocycles. The van der Waals surface area contributed by atoms with E-state index in [4.69, 9.17) is 0 Å². The van der Waals surface area contributed by atoms with E-state index in [9.17, 15) is 9.59 Å². The van der Waals surface area contributed by atoms with Crippen molar-refractivity contribution in [3.8, 4) is 0 Å². The van der Waals surface area contributed by atoms with Gasteiger partial charge in [0.05, 0.1) is 18.3 Å². The average Bonchev–Trinajstić information content (AvgIpc) is 2.58. The van der Waals surface area contributed by atoms with Crippen molar-refractivity contribution in [3.63, 3.8) is 0 Å². The van der Waals surface area contributed by atoms with E-state index < -0.39 is 0 Å². The van der Waals surface area contributed by atoms with Gasteiger partial charge < -0.3 is 4.90 Å². The van der Waals surface area contributed by atoms with Crippen molar-refractivity contribution in [2.45, 2.75) is 13.0 Å². The van der Waals surface area contributed by atoms with Gasteiger partial charge in [-0.15, -0.1) is 0 Å². The summed E-state index contributed by atoms with van der Waals surface area (Å²) in [6.45, 7) is 1.75. The van der Waals surface area contributed by atoms with Crippen molar-refractivity contribution in [1.82, 2.24) is 9.88 Å². The topological polar surface area (TPSA) is 50.3 Å². The van der Waals surface area contributed by atoms with Gasteiger partial charge in [0.25, 0.3) is 0 Å². The normalized spacial score (nSPS) is 12.0. The molecule has 0 fully saturated rings. The molecule has 0 spiro atoms. The molecule has 1 amide bonds. The highest BCUT2D eigenvalue weighted by Gasteiger charge is 2.20. The Balaban J connectivity index is 2.15. The maximum absolute atomic E-state index is 12.4. The van der Waals surface area contributed by atoms with Gasteiger partial charge >= 0.3 is 0 Å². The first-order chi connectivity index (χ1) is 10.7. The average molecular weight is 293 g/mol. The zero-order valence-corrected chi connectivity index (χ0v) is 12.3. The molecule has 111 valence electrons. The Morgan fingerprint density at radius 3 is 2.59 bits per heavy atom. The lowest BCUT2D eigenvalue weighted by atomic mass is 10.1. The maximum atomic E-state index is 12.4. The Bertz CT molecular complexity index is 639. The zero-order chi connectivity index (χ0) is 15.8. The lowest BCUT2D eigenvalue weighted by Gasteiger charge is -2.25. The first kappa shape index (κ1) is 15.6. The summed E-state index contributed by atoms with van der Waals surface area (Å²) >= 11 is 0. The molecule has 1 aromatic heterocycles. The fraction of sp³-hybridized carbons (Fsp3) is 0.167. The second kappa shape index (κ2) is 7.88. The third kappa shape index (κ3) is 4.12. The highest BCUT2D eigenvalue weighted by molar-refractivity contribution is 5.93. The van der Waals surface area contributed by atoms with E-state index in [1.165, 1.54) is 11.0 Å². The van der Waals surface area contributed by atoms with E-state index in [-0.39, 0.29) is 18.5 Å². The molecule has 0 aliphatic carbocycles. The molecule has 4 heteroatoms. The summed E-state index contributed by atoms with van der Waals surface area (Å²) in [5.74, 6) is -0.245. The molecule has 0 saturated carbocycles. The molecule has 22 heavy (non-hydrogen) atoms. The summed E-state index contributed by atoms with van der Waals surface area (Å²) in [6, 6.07) is 14.7. The van der Waals surface area contributed by atoms with Gasteiger partial charge in [0.2, 0.25) is 12.2 Å². The quantitative estimate of drug-likeness (QED) is 0.770. The third-order valence-electron chi connectivity index (χ3n) is 3.32. The van der Waals surface area contributed by atoms with Gasteiger partial charge in [-0.05, 0) is 30.7 Å². The number of carbonyl (C=O) groups excluding carboxylic acids is 2.